The molecule has 0 fully saturated rings. The summed E-state index contributed by atoms with van der Waals surface area (Å²) in [5.74, 6) is -0.0477. The van der Waals surface area contributed by atoms with Crippen LogP contribution in [-0.4, -0.2) is 36.2 Å². The lowest BCUT2D eigenvalue weighted by Gasteiger charge is -2.36. The van der Waals surface area contributed by atoms with Crippen molar-refractivity contribution >= 4 is 46.1 Å². The Kier molecular flexibility index (Phi) is 6.76. The summed E-state index contributed by atoms with van der Waals surface area (Å²) in [5.41, 5.74) is 3.01. The lowest BCUT2D eigenvalue weighted by Crippen LogP contribution is -2.37. The zero-order valence-electron chi connectivity index (χ0n) is 18.3. The van der Waals surface area contributed by atoms with Gasteiger partial charge in [-0.25, -0.2) is 9.79 Å². The number of fused-ring (bicyclic) bond motifs is 1. The van der Waals surface area contributed by atoms with Crippen molar-refractivity contribution < 1.29 is 19.1 Å². The van der Waals surface area contributed by atoms with E-state index in [2.05, 4.69) is 10.3 Å². The molecule has 4 rings (SSSR count). The number of halogens is 1. The summed E-state index contributed by atoms with van der Waals surface area (Å²) in [7, 11) is 2.91. The largest absolute Gasteiger partial charge is 0.497 e. The number of amidine groups is 1. The smallest absolute Gasteiger partial charge is 0.338 e. The predicted octanol–water partition coefficient (Wildman–Crippen LogP) is 5.13. The first kappa shape index (κ1) is 22.9. The molecule has 0 radical (unpaired) electrons. The van der Waals surface area contributed by atoms with Crippen molar-refractivity contribution in [1.82, 2.24) is 4.90 Å². The van der Waals surface area contributed by atoms with E-state index in [1.165, 1.54) is 18.9 Å². The third-order valence-electron chi connectivity index (χ3n) is 5.30. The minimum atomic E-state index is -0.565. The highest BCUT2D eigenvalue weighted by Crippen LogP contribution is 2.46. The van der Waals surface area contributed by atoms with Crippen LogP contribution in [0.4, 0.5) is 5.69 Å². The first-order valence-corrected chi connectivity index (χ1v) is 11.4. The Hall–Kier alpha value is -3.23. The number of amides is 1. The quantitative estimate of drug-likeness (QED) is 0.574. The minimum absolute atomic E-state index is 0.0810. The lowest BCUT2D eigenvalue weighted by atomic mass is 9.94. The number of allylic oxidation sites excluding steroid dienone is 1. The maximum absolute atomic E-state index is 12.9. The fourth-order valence-corrected chi connectivity index (χ4v) is 5.01. The Morgan fingerprint density at radius 1 is 1.18 bits per heavy atom. The normalized spacial score (nSPS) is 17.2. The van der Waals surface area contributed by atoms with Crippen LogP contribution in [0.25, 0.3) is 0 Å². The van der Waals surface area contributed by atoms with Gasteiger partial charge in [0.05, 0.1) is 38.0 Å². The fraction of sp³-hybridized carbons (Fsp3) is 0.208. The average molecular weight is 484 g/mol. The standard InChI is InChI=1S/C24H22ClN3O4S/c1-14-21(23(30)32-3)22(18-9-4-5-10-19(18)25)28-16(13-33-24(28)26-14)12-20(29)27-15-7-6-8-17(11-15)31-2/h4-11,13,22H,12H2,1-3H3,(H,27,29)/t22-/m0/s1. The molecule has 9 heteroatoms. The second-order valence-electron chi connectivity index (χ2n) is 7.36. The van der Waals surface area contributed by atoms with E-state index in [0.717, 1.165) is 5.56 Å². The van der Waals surface area contributed by atoms with Gasteiger partial charge in [-0.1, -0.05) is 47.6 Å². The highest BCUT2D eigenvalue weighted by Gasteiger charge is 2.41. The third kappa shape index (κ3) is 4.62. The highest BCUT2D eigenvalue weighted by atomic mass is 35.5. The number of ether oxygens (including phenoxy) is 2. The van der Waals surface area contributed by atoms with Crippen LogP contribution in [-0.2, 0) is 14.3 Å². The highest BCUT2D eigenvalue weighted by molar-refractivity contribution is 8.16. The SMILES string of the molecule is COC(=O)C1=C(C)N=C2SC=C(CC(=O)Nc3cccc(OC)c3)N2[C@H]1c1ccccc1Cl. The van der Waals surface area contributed by atoms with Crippen LogP contribution in [0.3, 0.4) is 0 Å². The summed E-state index contributed by atoms with van der Waals surface area (Å²) in [6.07, 6.45) is 0.0810. The molecule has 2 heterocycles. The summed E-state index contributed by atoms with van der Waals surface area (Å²) < 4.78 is 10.3. The molecule has 1 atom stereocenters. The van der Waals surface area contributed by atoms with Gasteiger partial charge in [0.15, 0.2) is 5.17 Å². The van der Waals surface area contributed by atoms with E-state index < -0.39 is 12.0 Å². The molecule has 33 heavy (non-hydrogen) atoms. The predicted molar refractivity (Wildman–Crippen MR) is 130 cm³/mol. The molecular formula is C24H22ClN3O4S. The van der Waals surface area contributed by atoms with Gasteiger partial charge in [-0.3, -0.25) is 4.79 Å². The Balaban J connectivity index is 1.66. The van der Waals surface area contributed by atoms with Crippen molar-refractivity contribution in [2.45, 2.75) is 19.4 Å². The van der Waals surface area contributed by atoms with Gasteiger partial charge >= 0.3 is 5.97 Å². The molecule has 0 unspecified atom stereocenters. The number of carbonyl (C=O) groups excluding carboxylic acids is 2. The van der Waals surface area contributed by atoms with Crippen molar-refractivity contribution in [1.29, 1.82) is 0 Å². The monoisotopic (exact) mass is 483 g/mol. The Morgan fingerprint density at radius 3 is 2.70 bits per heavy atom. The number of hydrogen-bond acceptors (Lipinski definition) is 7. The molecule has 2 aliphatic rings. The van der Waals surface area contributed by atoms with Gasteiger partial charge in [-0.2, -0.15) is 0 Å². The molecule has 7 nitrogen and oxygen atoms in total. The minimum Gasteiger partial charge on any atom is -0.497 e. The third-order valence-corrected chi connectivity index (χ3v) is 6.53. The molecule has 0 aliphatic carbocycles. The fourth-order valence-electron chi connectivity index (χ4n) is 3.80. The molecule has 1 N–H and O–H groups in total. The molecule has 0 aromatic heterocycles. The Morgan fingerprint density at radius 2 is 1.97 bits per heavy atom. The number of methoxy groups -OCH3 is 2. The molecule has 0 spiro atoms. The van der Waals surface area contributed by atoms with Crippen molar-refractivity contribution in [3.05, 3.63) is 81.5 Å². The molecule has 0 saturated heterocycles. The number of esters is 1. The van der Waals surface area contributed by atoms with Crippen LogP contribution in [0.1, 0.15) is 24.9 Å². The van der Waals surface area contributed by atoms with Gasteiger partial charge in [0.25, 0.3) is 0 Å². The van der Waals surface area contributed by atoms with Crippen LogP contribution in [0.5, 0.6) is 5.75 Å². The summed E-state index contributed by atoms with van der Waals surface area (Å²) in [6, 6.07) is 13.9. The van der Waals surface area contributed by atoms with Crippen molar-refractivity contribution in [2.24, 2.45) is 4.99 Å². The zero-order valence-corrected chi connectivity index (χ0v) is 19.9. The number of rotatable bonds is 6. The van der Waals surface area contributed by atoms with Crippen LogP contribution in [0.2, 0.25) is 5.02 Å². The van der Waals surface area contributed by atoms with E-state index in [1.54, 1.807) is 44.4 Å². The second-order valence-corrected chi connectivity index (χ2v) is 8.61. The molecule has 1 amide bonds. The van der Waals surface area contributed by atoms with Gasteiger partial charge in [-0.15, -0.1) is 0 Å². The number of nitrogens with zero attached hydrogens (tertiary/aromatic N) is 2. The van der Waals surface area contributed by atoms with Crippen LogP contribution >= 0.6 is 23.4 Å². The summed E-state index contributed by atoms with van der Waals surface area (Å²) in [4.78, 5) is 32.1. The molecular weight excluding hydrogens is 462 g/mol. The second kappa shape index (κ2) is 9.72. The maximum atomic E-state index is 12.9. The number of hydrogen-bond donors (Lipinski definition) is 1. The van der Waals surface area contributed by atoms with Gasteiger partial charge in [0, 0.05) is 22.5 Å². The summed E-state index contributed by atoms with van der Waals surface area (Å²) >= 11 is 7.94. The van der Waals surface area contributed by atoms with Gasteiger partial charge in [-0.05, 0) is 36.1 Å². The van der Waals surface area contributed by atoms with Gasteiger partial charge in [0.1, 0.15) is 5.75 Å². The van der Waals surface area contributed by atoms with E-state index in [4.69, 9.17) is 21.1 Å². The number of anilines is 1. The van der Waals surface area contributed by atoms with E-state index in [0.29, 0.717) is 38.6 Å². The number of aliphatic imine (C=N–C) groups is 1. The first-order chi connectivity index (χ1) is 15.9. The number of thioether (sulfide) groups is 1. The van der Waals surface area contributed by atoms with Crippen LogP contribution in [0, 0.1) is 0 Å². The van der Waals surface area contributed by atoms with E-state index in [-0.39, 0.29) is 12.3 Å². The molecule has 2 aliphatic heterocycles. The van der Waals surface area contributed by atoms with E-state index in [1.807, 2.05) is 28.5 Å². The zero-order chi connectivity index (χ0) is 23.5. The van der Waals surface area contributed by atoms with Crippen molar-refractivity contribution in [2.75, 3.05) is 19.5 Å². The molecule has 2 aromatic carbocycles. The van der Waals surface area contributed by atoms with Crippen LogP contribution in [0.15, 0.2) is 75.9 Å². The van der Waals surface area contributed by atoms with Crippen molar-refractivity contribution in [3.63, 3.8) is 0 Å². The van der Waals surface area contributed by atoms with Crippen molar-refractivity contribution in [3.8, 4) is 5.75 Å². The summed E-state index contributed by atoms with van der Waals surface area (Å²) in [5, 5.41) is 5.95. The Labute approximate surface area is 201 Å². The Bertz CT molecular complexity index is 1210. The van der Waals surface area contributed by atoms with Gasteiger partial charge in [0.2, 0.25) is 5.91 Å². The molecule has 0 saturated carbocycles. The molecule has 2 aromatic rings. The van der Waals surface area contributed by atoms with E-state index >= 15 is 0 Å². The van der Waals surface area contributed by atoms with Crippen LogP contribution < -0.4 is 10.1 Å². The van der Waals surface area contributed by atoms with Gasteiger partial charge < -0.3 is 19.7 Å². The lowest BCUT2D eigenvalue weighted by molar-refractivity contribution is -0.136. The number of benzene rings is 2. The molecule has 0 bridgehead atoms. The first-order valence-electron chi connectivity index (χ1n) is 10.1. The number of carbonyl (C=O) groups is 2. The topological polar surface area (TPSA) is 80.2 Å². The summed E-state index contributed by atoms with van der Waals surface area (Å²) in [6.45, 7) is 1.77. The maximum Gasteiger partial charge on any atom is 0.338 e. The number of nitrogens with one attached hydrogen (secondary N) is 1. The van der Waals surface area contributed by atoms with E-state index in [9.17, 15) is 9.59 Å². The molecule has 170 valence electrons. The average Bonchev–Trinajstić information content (AvgIpc) is 3.20.